The second-order valence-electron chi connectivity index (χ2n) is 5.41. The van der Waals surface area contributed by atoms with Crippen molar-refractivity contribution < 1.29 is 13.2 Å². The normalized spacial score (nSPS) is 30.2. The highest BCUT2D eigenvalue weighted by Gasteiger charge is 2.41. The average molecular weight is 296 g/mol. The number of ether oxygens (including phenoxy) is 1. The quantitative estimate of drug-likeness (QED) is 0.885. The van der Waals surface area contributed by atoms with E-state index >= 15 is 0 Å². The Morgan fingerprint density at radius 3 is 2.50 bits per heavy atom. The van der Waals surface area contributed by atoms with Crippen LogP contribution in [0.3, 0.4) is 0 Å². The third-order valence-corrected chi connectivity index (χ3v) is 5.68. The molecule has 0 spiro atoms. The number of rotatable bonds is 3. The van der Waals surface area contributed by atoms with E-state index in [0.717, 1.165) is 18.8 Å². The molecule has 1 aromatic carbocycles. The third-order valence-electron chi connectivity index (χ3n) is 3.96. The Morgan fingerprint density at radius 2 is 1.80 bits per heavy atom. The smallest absolute Gasteiger partial charge is 0.153 e. The number of hydrogen-bond acceptors (Lipinski definition) is 5. The molecule has 6 heteroatoms. The molecule has 2 fully saturated rings. The van der Waals surface area contributed by atoms with Gasteiger partial charge in [0.15, 0.2) is 9.84 Å². The zero-order valence-electron chi connectivity index (χ0n) is 11.4. The molecular weight excluding hydrogens is 276 g/mol. The van der Waals surface area contributed by atoms with E-state index < -0.39 is 9.84 Å². The fourth-order valence-electron chi connectivity index (χ4n) is 2.98. The van der Waals surface area contributed by atoms with E-state index in [0.29, 0.717) is 13.2 Å². The topological polar surface area (TPSA) is 58.6 Å². The number of hydrogen-bond donors (Lipinski definition) is 1. The summed E-state index contributed by atoms with van der Waals surface area (Å²) in [7, 11) is -2.96. The molecule has 2 atom stereocenters. The highest BCUT2D eigenvalue weighted by molar-refractivity contribution is 7.91. The van der Waals surface area contributed by atoms with E-state index in [2.05, 4.69) is 10.2 Å². The van der Waals surface area contributed by atoms with Crippen LogP contribution in [0.25, 0.3) is 0 Å². The van der Waals surface area contributed by atoms with Crippen LogP contribution < -0.4 is 5.32 Å². The molecule has 1 N–H and O–H groups in total. The van der Waals surface area contributed by atoms with E-state index in [1.807, 2.05) is 30.3 Å². The van der Waals surface area contributed by atoms with Gasteiger partial charge in [0.05, 0.1) is 30.8 Å². The summed E-state index contributed by atoms with van der Waals surface area (Å²) in [6.07, 6.45) is 0. The van der Waals surface area contributed by atoms with Gasteiger partial charge < -0.3 is 10.1 Å². The van der Waals surface area contributed by atoms with Gasteiger partial charge in [-0.25, -0.2) is 8.42 Å². The van der Waals surface area contributed by atoms with Gasteiger partial charge in [-0.15, -0.1) is 0 Å². The van der Waals surface area contributed by atoms with Gasteiger partial charge in [0.25, 0.3) is 0 Å². The first kappa shape index (κ1) is 13.9. The Kier molecular flexibility index (Phi) is 3.96. The Hall–Kier alpha value is -1.11. The van der Waals surface area contributed by atoms with Gasteiger partial charge in [-0.05, 0) is 12.1 Å². The van der Waals surface area contributed by atoms with Crippen LogP contribution in [0.1, 0.15) is 0 Å². The summed E-state index contributed by atoms with van der Waals surface area (Å²) in [5, 5.41) is 3.38. The Labute approximate surface area is 119 Å². The summed E-state index contributed by atoms with van der Waals surface area (Å²) in [4.78, 5) is 2.24. The third kappa shape index (κ3) is 3.13. The number of nitrogens with zero attached hydrogens (tertiary/aromatic N) is 1. The number of sulfone groups is 1. The summed E-state index contributed by atoms with van der Waals surface area (Å²) < 4.78 is 29.3. The predicted octanol–water partition coefficient (Wildman–Crippen LogP) is 0.596. The molecule has 5 nitrogen and oxygen atoms in total. The van der Waals surface area contributed by atoms with E-state index in [9.17, 15) is 8.42 Å². The first-order valence-corrected chi connectivity index (χ1v) is 8.80. The lowest BCUT2D eigenvalue weighted by molar-refractivity contribution is 0.0199. The number of para-hydroxylation sites is 1. The molecular formula is C14H20N2O3S. The van der Waals surface area contributed by atoms with E-state index in [-0.39, 0.29) is 23.6 Å². The molecule has 2 aliphatic rings. The lowest BCUT2D eigenvalue weighted by Crippen LogP contribution is -2.50. The van der Waals surface area contributed by atoms with Gasteiger partial charge in [0.2, 0.25) is 0 Å². The largest absolute Gasteiger partial charge is 0.380 e. The monoisotopic (exact) mass is 296 g/mol. The maximum atomic E-state index is 12.0. The molecule has 0 bridgehead atoms. The molecule has 110 valence electrons. The highest BCUT2D eigenvalue weighted by Crippen LogP contribution is 2.23. The van der Waals surface area contributed by atoms with Gasteiger partial charge in [-0.3, -0.25) is 4.90 Å². The molecule has 20 heavy (non-hydrogen) atoms. The minimum Gasteiger partial charge on any atom is -0.380 e. The van der Waals surface area contributed by atoms with Crippen LogP contribution in [0, 0.1) is 0 Å². The first-order chi connectivity index (χ1) is 9.64. The van der Waals surface area contributed by atoms with E-state index in [1.54, 1.807) is 0 Å². The fourth-order valence-corrected chi connectivity index (χ4v) is 4.94. The second-order valence-corrected chi connectivity index (χ2v) is 7.56. The second kappa shape index (κ2) is 5.71. The summed E-state index contributed by atoms with van der Waals surface area (Å²) >= 11 is 0. The Morgan fingerprint density at radius 1 is 1.10 bits per heavy atom. The zero-order valence-corrected chi connectivity index (χ0v) is 12.2. The molecule has 0 aliphatic carbocycles. The molecule has 0 radical (unpaired) electrons. The molecule has 2 unspecified atom stereocenters. The van der Waals surface area contributed by atoms with Crippen LogP contribution in [0.5, 0.6) is 0 Å². The highest BCUT2D eigenvalue weighted by atomic mass is 32.2. The van der Waals surface area contributed by atoms with Gasteiger partial charge in [-0.2, -0.15) is 0 Å². The molecule has 0 amide bonds. The molecule has 1 aromatic rings. The summed E-state index contributed by atoms with van der Waals surface area (Å²) in [6, 6.07) is 9.81. The van der Waals surface area contributed by atoms with Crippen LogP contribution in [0.2, 0.25) is 0 Å². The van der Waals surface area contributed by atoms with E-state index in [1.165, 1.54) is 0 Å². The summed E-state index contributed by atoms with van der Waals surface area (Å²) in [5.74, 6) is 0.460. The van der Waals surface area contributed by atoms with Crippen LogP contribution in [-0.2, 0) is 14.6 Å². The van der Waals surface area contributed by atoms with Crippen molar-refractivity contribution in [3.8, 4) is 0 Å². The van der Waals surface area contributed by atoms with Gasteiger partial charge in [0, 0.05) is 24.8 Å². The Bertz CT molecular complexity index is 541. The molecule has 2 saturated heterocycles. The molecule has 0 aromatic heterocycles. The van der Waals surface area contributed by atoms with Crippen molar-refractivity contribution in [3.05, 3.63) is 30.3 Å². The van der Waals surface area contributed by atoms with Crippen molar-refractivity contribution in [3.63, 3.8) is 0 Å². The maximum Gasteiger partial charge on any atom is 0.153 e. The number of benzene rings is 1. The predicted molar refractivity (Wildman–Crippen MR) is 78.7 cm³/mol. The SMILES string of the molecule is O=S1(=O)CC(Nc2ccccc2)C(N2CCOCC2)C1. The average Bonchev–Trinajstić information content (AvgIpc) is 2.76. The molecule has 2 heterocycles. The van der Waals surface area contributed by atoms with Gasteiger partial charge in [-0.1, -0.05) is 18.2 Å². The zero-order chi connectivity index (χ0) is 14.0. The van der Waals surface area contributed by atoms with Crippen LogP contribution in [0.4, 0.5) is 5.69 Å². The van der Waals surface area contributed by atoms with E-state index in [4.69, 9.17) is 4.74 Å². The standard InChI is InChI=1S/C14H20N2O3S/c17-20(18)10-13(15-12-4-2-1-3-5-12)14(11-20)16-6-8-19-9-7-16/h1-5,13-15H,6-11H2. The lowest BCUT2D eigenvalue weighted by Gasteiger charge is -2.35. The molecule has 2 aliphatic heterocycles. The van der Waals surface area contributed by atoms with Crippen LogP contribution in [-0.4, -0.2) is 63.2 Å². The van der Waals surface area contributed by atoms with Crippen molar-refractivity contribution >= 4 is 15.5 Å². The summed E-state index contributed by atoms with van der Waals surface area (Å²) in [5.41, 5.74) is 0.979. The molecule has 0 saturated carbocycles. The summed E-state index contributed by atoms with van der Waals surface area (Å²) in [6.45, 7) is 3.00. The molecule has 3 rings (SSSR count). The minimum atomic E-state index is -2.96. The number of anilines is 1. The van der Waals surface area contributed by atoms with Crippen LogP contribution in [0.15, 0.2) is 30.3 Å². The van der Waals surface area contributed by atoms with Crippen molar-refractivity contribution in [1.29, 1.82) is 0 Å². The number of nitrogens with one attached hydrogen (secondary N) is 1. The van der Waals surface area contributed by atoms with Gasteiger partial charge >= 0.3 is 0 Å². The van der Waals surface area contributed by atoms with Crippen molar-refractivity contribution in [1.82, 2.24) is 4.90 Å². The fraction of sp³-hybridized carbons (Fsp3) is 0.571. The van der Waals surface area contributed by atoms with Crippen LogP contribution >= 0.6 is 0 Å². The minimum absolute atomic E-state index is 0.0412. The van der Waals surface area contributed by atoms with Crippen molar-refractivity contribution in [2.45, 2.75) is 12.1 Å². The lowest BCUT2D eigenvalue weighted by atomic mass is 10.1. The Balaban J connectivity index is 1.76. The number of morpholine rings is 1. The maximum absolute atomic E-state index is 12.0. The van der Waals surface area contributed by atoms with Gasteiger partial charge in [0.1, 0.15) is 0 Å². The van der Waals surface area contributed by atoms with Crippen molar-refractivity contribution in [2.75, 3.05) is 43.1 Å². The first-order valence-electron chi connectivity index (χ1n) is 6.98. The van der Waals surface area contributed by atoms with Crippen molar-refractivity contribution in [2.24, 2.45) is 0 Å².